The van der Waals surface area contributed by atoms with E-state index in [9.17, 15) is 0 Å². The first-order valence-corrected chi connectivity index (χ1v) is 11.3. The average Bonchev–Trinajstić information content (AvgIpc) is 2.81. The van der Waals surface area contributed by atoms with Crippen molar-refractivity contribution in [2.45, 2.75) is 64.2 Å². The molecule has 0 radical (unpaired) electrons. The summed E-state index contributed by atoms with van der Waals surface area (Å²) in [5.74, 6) is 1.80. The molecule has 3 aliphatic rings. The molecule has 4 rings (SSSR count). The number of nitriles is 2. The fraction of sp³-hybridized carbons (Fsp3) is 0.538. The number of rotatable bonds is 2. The minimum Gasteiger partial charge on any atom is -0.372 e. The zero-order valence-electron chi connectivity index (χ0n) is 17.4. The molecule has 1 saturated heterocycles. The molecule has 0 atom stereocenters. The lowest BCUT2D eigenvalue weighted by molar-refractivity contribution is 0.231. The van der Waals surface area contributed by atoms with Crippen molar-refractivity contribution < 1.29 is 0 Å². The number of allylic oxidation sites excluding steroid dienone is 4. The number of piperidine rings is 1. The number of benzene rings is 1. The smallest absolute Gasteiger partial charge is 0.128 e. The van der Waals surface area contributed by atoms with Gasteiger partial charge in [-0.05, 0) is 93.7 Å². The summed E-state index contributed by atoms with van der Waals surface area (Å²) in [6, 6.07) is 15.0. The van der Waals surface area contributed by atoms with Gasteiger partial charge in [0, 0.05) is 18.8 Å². The number of nitrogens with zero attached hydrogens (tertiary/aromatic N) is 3. The average molecular weight is 386 g/mol. The highest BCUT2D eigenvalue weighted by Crippen LogP contribution is 2.42. The predicted octanol–water partition coefficient (Wildman–Crippen LogP) is 6.31. The van der Waals surface area contributed by atoms with Crippen LogP contribution < -0.4 is 4.90 Å². The summed E-state index contributed by atoms with van der Waals surface area (Å²) in [5.41, 5.74) is 6.17. The Morgan fingerprint density at radius 3 is 1.86 bits per heavy atom. The zero-order chi connectivity index (χ0) is 20.1. The predicted molar refractivity (Wildman–Crippen MR) is 117 cm³/mol. The second-order valence-corrected chi connectivity index (χ2v) is 8.91. The standard InChI is InChI=1S/C26H31N3/c27-18-25(19-28)23-12-10-21(11-13-23)20-6-8-22(9-7-20)24-14-16-29(17-15-24)26-4-2-1-3-5-26/h1-5,22,24H,6-17H2. The van der Waals surface area contributed by atoms with Gasteiger partial charge >= 0.3 is 0 Å². The molecular weight excluding hydrogens is 354 g/mol. The Hall–Kier alpha value is -2.52. The van der Waals surface area contributed by atoms with Crippen LogP contribution in [0.5, 0.6) is 0 Å². The molecule has 1 aromatic carbocycles. The van der Waals surface area contributed by atoms with Crippen LogP contribution in [-0.4, -0.2) is 13.1 Å². The van der Waals surface area contributed by atoms with Crippen molar-refractivity contribution in [1.29, 1.82) is 10.5 Å². The molecule has 0 bridgehead atoms. The van der Waals surface area contributed by atoms with Gasteiger partial charge < -0.3 is 4.90 Å². The van der Waals surface area contributed by atoms with Crippen LogP contribution in [0.15, 0.2) is 52.6 Å². The third-order valence-electron chi connectivity index (χ3n) is 7.50. The maximum absolute atomic E-state index is 9.08. The number of para-hydroxylation sites is 1. The maximum atomic E-state index is 9.08. The number of anilines is 1. The van der Waals surface area contributed by atoms with Crippen molar-refractivity contribution in [3.05, 3.63) is 52.6 Å². The maximum Gasteiger partial charge on any atom is 0.128 e. The van der Waals surface area contributed by atoms with E-state index in [0.29, 0.717) is 5.57 Å². The van der Waals surface area contributed by atoms with Crippen molar-refractivity contribution in [1.82, 2.24) is 0 Å². The Balaban J connectivity index is 1.27. The number of hydrogen-bond donors (Lipinski definition) is 0. The first-order chi connectivity index (χ1) is 14.3. The van der Waals surface area contributed by atoms with Crippen molar-refractivity contribution in [3.63, 3.8) is 0 Å². The largest absolute Gasteiger partial charge is 0.372 e. The minimum absolute atomic E-state index is 0.361. The Labute approximate surface area is 175 Å². The quantitative estimate of drug-likeness (QED) is 0.443. The van der Waals surface area contributed by atoms with Crippen LogP contribution in [0.1, 0.15) is 64.2 Å². The van der Waals surface area contributed by atoms with E-state index < -0.39 is 0 Å². The van der Waals surface area contributed by atoms with Crippen LogP contribution in [0.25, 0.3) is 0 Å². The van der Waals surface area contributed by atoms with E-state index in [1.54, 1.807) is 11.1 Å². The lowest BCUT2D eigenvalue weighted by Gasteiger charge is -2.39. The van der Waals surface area contributed by atoms with Crippen LogP contribution in [0.3, 0.4) is 0 Å². The fourth-order valence-corrected chi connectivity index (χ4v) is 5.72. The monoisotopic (exact) mass is 385 g/mol. The molecule has 0 unspecified atom stereocenters. The fourth-order valence-electron chi connectivity index (χ4n) is 5.72. The van der Waals surface area contributed by atoms with Gasteiger partial charge in [0.1, 0.15) is 17.7 Å². The van der Waals surface area contributed by atoms with Gasteiger partial charge in [-0.1, -0.05) is 29.3 Å². The molecule has 0 N–H and O–H groups in total. The molecule has 150 valence electrons. The summed E-state index contributed by atoms with van der Waals surface area (Å²) >= 11 is 0. The molecule has 3 nitrogen and oxygen atoms in total. The summed E-state index contributed by atoms with van der Waals surface area (Å²) in [5, 5.41) is 18.2. The van der Waals surface area contributed by atoms with Crippen molar-refractivity contribution >= 4 is 5.69 Å². The van der Waals surface area contributed by atoms with E-state index in [0.717, 1.165) is 43.1 Å². The second kappa shape index (κ2) is 9.32. The van der Waals surface area contributed by atoms with Gasteiger partial charge in [-0.3, -0.25) is 0 Å². The summed E-state index contributed by atoms with van der Waals surface area (Å²) in [7, 11) is 0. The Morgan fingerprint density at radius 1 is 0.724 bits per heavy atom. The lowest BCUT2D eigenvalue weighted by Crippen LogP contribution is -2.36. The SMILES string of the molecule is N#CC(C#N)=C1CCC(=C2CCC(C3CCN(c4ccccc4)CC3)CC2)CC1. The minimum atomic E-state index is 0.361. The topological polar surface area (TPSA) is 50.8 Å². The highest BCUT2D eigenvalue weighted by atomic mass is 15.1. The molecule has 1 heterocycles. The van der Waals surface area contributed by atoms with Crippen molar-refractivity contribution in [3.8, 4) is 12.1 Å². The Bertz CT molecular complexity index is 819. The van der Waals surface area contributed by atoms with E-state index in [2.05, 4.69) is 47.4 Å². The van der Waals surface area contributed by atoms with Crippen LogP contribution in [0.2, 0.25) is 0 Å². The summed E-state index contributed by atoms with van der Waals surface area (Å²) < 4.78 is 0. The van der Waals surface area contributed by atoms with E-state index >= 15 is 0 Å². The van der Waals surface area contributed by atoms with Crippen LogP contribution >= 0.6 is 0 Å². The van der Waals surface area contributed by atoms with Gasteiger partial charge in [-0.15, -0.1) is 0 Å². The summed E-state index contributed by atoms with van der Waals surface area (Å²) in [4.78, 5) is 2.55. The normalized spacial score (nSPS) is 23.4. The lowest BCUT2D eigenvalue weighted by atomic mass is 9.72. The molecule has 0 amide bonds. The Kier molecular flexibility index (Phi) is 6.36. The van der Waals surface area contributed by atoms with E-state index in [4.69, 9.17) is 10.5 Å². The molecule has 3 heteroatoms. The molecule has 0 aromatic heterocycles. The second-order valence-electron chi connectivity index (χ2n) is 8.91. The highest BCUT2D eigenvalue weighted by molar-refractivity contribution is 5.46. The van der Waals surface area contributed by atoms with Crippen LogP contribution in [-0.2, 0) is 0 Å². The molecule has 1 aromatic rings. The summed E-state index contributed by atoms with van der Waals surface area (Å²) in [6.07, 6.45) is 11.9. The van der Waals surface area contributed by atoms with E-state index in [1.165, 1.54) is 57.3 Å². The van der Waals surface area contributed by atoms with E-state index in [-0.39, 0.29) is 0 Å². The molecule has 0 spiro atoms. The first kappa shape index (κ1) is 19.8. The molecule has 29 heavy (non-hydrogen) atoms. The third-order valence-corrected chi connectivity index (χ3v) is 7.50. The number of hydrogen-bond acceptors (Lipinski definition) is 3. The Morgan fingerprint density at radius 2 is 1.28 bits per heavy atom. The zero-order valence-corrected chi connectivity index (χ0v) is 17.4. The van der Waals surface area contributed by atoms with Crippen molar-refractivity contribution in [2.75, 3.05) is 18.0 Å². The van der Waals surface area contributed by atoms with Crippen LogP contribution in [0.4, 0.5) is 5.69 Å². The van der Waals surface area contributed by atoms with Crippen LogP contribution in [0, 0.1) is 34.5 Å². The third kappa shape index (κ3) is 4.56. The van der Waals surface area contributed by atoms with Gasteiger partial charge in [0.2, 0.25) is 0 Å². The van der Waals surface area contributed by atoms with E-state index in [1.807, 2.05) is 0 Å². The molecular formula is C26H31N3. The molecule has 2 saturated carbocycles. The first-order valence-electron chi connectivity index (χ1n) is 11.3. The molecule has 3 fully saturated rings. The van der Waals surface area contributed by atoms with Gasteiger partial charge in [0.15, 0.2) is 0 Å². The van der Waals surface area contributed by atoms with Gasteiger partial charge in [-0.25, -0.2) is 0 Å². The molecule has 1 aliphatic heterocycles. The van der Waals surface area contributed by atoms with Gasteiger partial charge in [0.05, 0.1) is 0 Å². The van der Waals surface area contributed by atoms with Crippen molar-refractivity contribution in [2.24, 2.45) is 11.8 Å². The molecule has 2 aliphatic carbocycles. The van der Waals surface area contributed by atoms with Gasteiger partial charge in [-0.2, -0.15) is 10.5 Å². The summed E-state index contributed by atoms with van der Waals surface area (Å²) in [6.45, 7) is 2.41. The highest BCUT2D eigenvalue weighted by Gasteiger charge is 2.29. The van der Waals surface area contributed by atoms with Gasteiger partial charge in [0.25, 0.3) is 0 Å².